The molecule has 1 heteroatoms. The Labute approximate surface area is 173 Å². The lowest BCUT2D eigenvalue weighted by Gasteiger charge is -2.49. The Morgan fingerprint density at radius 2 is 1.56 bits per heavy atom. The summed E-state index contributed by atoms with van der Waals surface area (Å²) in [5, 5.41) is 0. The molecule has 0 bridgehead atoms. The number of fused-ring (bicyclic) bond motifs is 3. The van der Waals surface area contributed by atoms with Crippen molar-refractivity contribution >= 4 is 11.6 Å². The molecule has 0 aliphatic heterocycles. The quantitative estimate of drug-likeness (QED) is 0.233. The summed E-state index contributed by atoms with van der Waals surface area (Å²) >= 11 is 6.40. The minimum Gasteiger partial charge on any atom is -0.126 e. The molecule has 0 amide bonds. The molecule has 0 aromatic carbocycles. The Balaban J connectivity index is 1.65. The van der Waals surface area contributed by atoms with Gasteiger partial charge in [-0.25, -0.2) is 0 Å². The van der Waals surface area contributed by atoms with E-state index in [-0.39, 0.29) is 0 Å². The van der Waals surface area contributed by atoms with Crippen molar-refractivity contribution in [2.75, 3.05) is 5.88 Å². The van der Waals surface area contributed by atoms with Gasteiger partial charge in [-0.1, -0.05) is 38.7 Å². The van der Waals surface area contributed by atoms with Crippen LogP contribution in [0.1, 0.15) is 96.8 Å². The third-order valence-corrected chi connectivity index (χ3v) is 10.2. The van der Waals surface area contributed by atoms with Crippen LogP contribution in [-0.4, -0.2) is 5.88 Å². The topological polar surface area (TPSA) is 0 Å². The van der Waals surface area contributed by atoms with Gasteiger partial charge in [-0.3, -0.25) is 0 Å². The van der Waals surface area contributed by atoms with Gasteiger partial charge in [0.2, 0.25) is 0 Å². The van der Waals surface area contributed by atoms with E-state index in [1.807, 2.05) is 0 Å². The summed E-state index contributed by atoms with van der Waals surface area (Å²) < 4.78 is 0. The molecular formula is C26H43Cl. The molecule has 0 radical (unpaired) electrons. The van der Waals surface area contributed by atoms with E-state index in [9.17, 15) is 0 Å². The van der Waals surface area contributed by atoms with Crippen molar-refractivity contribution in [1.82, 2.24) is 0 Å². The molecule has 0 aromatic rings. The summed E-state index contributed by atoms with van der Waals surface area (Å²) in [6, 6.07) is 0. The van der Waals surface area contributed by atoms with E-state index < -0.39 is 0 Å². The second-order valence-corrected chi connectivity index (χ2v) is 11.3. The minimum absolute atomic E-state index is 0.577. The Kier molecular flexibility index (Phi) is 6.62. The smallest absolute Gasteiger partial charge is 0.0251 e. The van der Waals surface area contributed by atoms with Crippen LogP contribution < -0.4 is 0 Å². The fourth-order valence-corrected chi connectivity index (χ4v) is 9.00. The summed E-state index contributed by atoms with van der Waals surface area (Å²) in [6.07, 6.45) is 22.6. The van der Waals surface area contributed by atoms with Gasteiger partial charge in [0.25, 0.3) is 0 Å². The van der Waals surface area contributed by atoms with Crippen molar-refractivity contribution in [3.05, 3.63) is 12.7 Å². The first kappa shape index (κ1) is 20.3. The summed E-state index contributed by atoms with van der Waals surface area (Å²) in [6.45, 7) is 6.77. The zero-order valence-corrected chi connectivity index (χ0v) is 18.6. The van der Waals surface area contributed by atoms with Gasteiger partial charge in [-0.15, -0.1) is 18.2 Å². The fourth-order valence-electron chi connectivity index (χ4n) is 8.72. The Morgan fingerprint density at radius 3 is 2.26 bits per heavy atom. The average molecular weight is 391 g/mol. The lowest BCUT2D eigenvalue weighted by atomic mass is 9.56. The molecule has 0 heterocycles. The Hall–Kier alpha value is 0.0300. The average Bonchev–Trinajstić information content (AvgIpc) is 3.34. The normalized spacial score (nSPS) is 41.7. The van der Waals surface area contributed by atoms with E-state index >= 15 is 0 Å². The Morgan fingerprint density at radius 1 is 0.889 bits per heavy atom. The van der Waals surface area contributed by atoms with Crippen molar-refractivity contribution in [1.29, 1.82) is 0 Å². The van der Waals surface area contributed by atoms with E-state index in [0.717, 1.165) is 47.3 Å². The van der Waals surface area contributed by atoms with E-state index in [2.05, 4.69) is 19.6 Å². The molecule has 0 aromatic heterocycles. The first-order chi connectivity index (χ1) is 13.2. The fraction of sp³-hybridized carbons (Fsp3) is 0.923. The highest BCUT2D eigenvalue weighted by Crippen LogP contribution is 2.66. The van der Waals surface area contributed by atoms with Crippen molar-refractivity contribution in [3.63, 3.8) is 0 Å². The van der Waals surface area contributed by atoms with Crippen LogP contribution in [0.15, 0.2) is 12.7 Å². The van der Waals surface area contributed by atoms with Crippen molar-refractivity contribution < 1.29 is 0 Å². The molecule has 154 valence electrons. The van der Waals surface area contributed by atoms with Crippen molar-refractivity contribution in [3.8, 4) is 0 Å². The van der Waals surface area contributed by atoms with Crippen molar-refractivity contribution in [2.24, 2.45) is 46.8 Å². The lowest BCUT2D eigenvalue weighted by molar-refractivity contribution is 0.00117. The molecule has 0 saturated heterocycles. The summed E-state index contributed by atoms with van der Waals surface area (Å²) in [5.41, 5.74) is 0.577. The third-order valence-electron chi connectivity index (χ3n) is 9.80. The largest absolute Gasteiger partial charge is 0.126 e. The zero-order chi connectivity index (χ0) is 18.9. The molecule has 4 aliphatic rings. The van der Waals surface area contributed by atoms with Gasteiger partial charge < -0.3 is 0 Å². The molecule has 4 fully saturated rings. The van der Waals surface area contributed by atoms with Crippen LogP contribution in [-0.2, 0) is 0 Å². The number of rotatable bonds is 7. The van der Waals surface area contributed by atoms with E-state index in [1.54, 1.807) is 6.42 Å². The van der Waals surface area contributed by atoms with Crippen molar-refractivity contribution in [2.45, 2.75) is 96.8 Å². The van der Waals surface area contributed by atoms with E-state index in [4.69, 9.17) is 11.6 Å². The molecular weight excluding hydrogens is 348 g/mol. The standard InChI is InChI=1S/C26H43Cl/c1-3-4-9-16-26(2,20-10-5-6-11-20)25-23-13-8-7-12-21(23)22-15-14-19(18-27)17-24(22)25/h3,19-25H,1,4-18H2,2H3. The van der Waals surface area contributed by atoms with Gasteiger partial charge in [0, 0.05) is 5.88 Å². The van der Waals surface area contributed by atoms with Gasteiger partial charge in [-0.2, -0.15) is 0 Å². The molecule has 7 atom stereocenters. The van der Waals surface area contributed by atoms with Crippen LogP contribution in [0.5, 0.6) is 0 Å². The molecule has 4 rings (SSSR count). The maximum absolute atomic E-state index is 6.40. The molecule has 4 aliphatic carbocycles. The molecule has 4 saturated carbocycles. The summed E-state index contributed by atoms with van der Waals surface area (Å²) in [5.74, 6) is 7.82. The van der Waals surface area contributed by atoms with Gasteiger partial charge in [-0.05, 0) is 111 Å². The molecule has 27 heavy (non-hydrogen) atoms. The number of allylic oxidation sites excluding steroid dienone is 1. The number of hydrogen-bond acceptors (Lipinski definition) is 0. The number of unbranched alkanes of at least 4 members (excludes halogenated alkanes) is 1. The lowest BCUT2D eigenvalue weighted by Crippen LogP contribution is -2.42. The number of halogens is 1. The molecule has 0 nitrogen and oxygen atoms in total. The predicted molar refractivity (Wildman–Crippen MR) is 118 cm³/mol. The highest BCUT2D eigenvalue weighted by Gasteiger charge is 2.58. The molecule has 0 spiro atoms. The van der Waals surface area contributed by atoms with E-state index in [1.165, 1.54) is 83.5 Å². The van der Waals surface area contributed by atoms with Crippen LogP contribution in [0, 0.1) is 46.8 Å². The Bertz CT molecular complexity index is 492. The van der Waals surface area contributed by atoms with Crippen LogP contribution >= 0.6 is 11.6 Å². The van der Waals surface area contributed by atoms with Crippen LogP contribution in [0.3, 0.4) is 0 Å². The van der Waals surface area contributed by atoms with Crippen LogP contribution in [0.4, 0.5) is 0 Å². The van der Waals surface area contributed by atoms with Gasteiger partial charge >= 0.3 is 0 Å². The predicted octanol–water partition coefficient (Wildman–Crippen LogP) is 8.25. The van der Waals surface area contributed by atoms with Gasteiger partial charge in [0.1, 0.15) is 0 Å². The first-order valence-electron chi connectivity index (χ1n) is 12.4. The van der Waals surface area contributed by atoms with Crippen LogP contribution in [0.25, 0.3) is 0 Å². The number of alkyl halides is 1. The maximum atomic E-state index is 6.40. The second kappa shape index (κ2) is 8.81. The zero-order valence-electron chi connectivity index (χ0n) is 17.8. The summed E-state index contributed by atoms with van der Waals surface area (Å²) in [4.78, 5) is 0. The van der Waals surface area contributed by atoms with E-state index in [0.29, 0.717) is 5.41 Å². The highest BCUT2D eigenvalue weighted by molar-refractivity contribution is 6.18. The third kappa shape index (κ3) is 3.78. The second-order valence-electron chi connectivity index (χ2n) is 11.0. The van der Waals surface area contributed by atoms with Crippen LogP contribution in [0.2, 0.25) is 0 Å². The summed E-state index contributed by atoms with van der Waals surface area (Å²) in [7, 11) is 0. The monoisotopic (exact) mass is 390 g/mol. The number of hydrogen-bond donors (Lipinski definition) is 0. The first-order valence-corrected chi connectivity index (χ1v) is 12.9. The van der Waals surface area contributed by atoms with Gasteiger partial charge in [0.15, 0.2) is 0 Å². The minimum atomic E-state index is 0.577. The molecule has 0 N–H and O–H groups in total. The van der Waals surface area contributed by atoms with Gasteiger partial charge in [0.05, 0.1) is 0 Å². The molecule has 7 unspecified atom stereocenters. The SMILES string of the molecule is C=CCCCC(C)(C1CCCC1)C1C2CCCCC2C2CCC(CCl)CC21. The maximum Gasteiger partial charge on any atom is 0.0251 e. The highest BCUT2D eigenvalue weighted by atomic mass is 35.5.